The topological polar surface area (TPSA) is 120 Å². The number of hydrogen-bond donors (Lipinski definition) is 3. The van der Waals surface area contributed by atoms with Crippen LogP contribution in [-0.2, 0) is 13.1 Å². The molecule has 0 aliphatic carbocycles. The smallest absolute Gasteiger partial charge is 0.277 e. The summed E-state index contributed by atoms with van der Waals surface area (Å²) in [5.41, 5.74) is 9.18. The number of fused-ring (bicyclic) bond motifs is 1. The number of benzene rings is 2. The molecule has 178 valence electrons. The van der Waals surface area contributed by atoms with Gasteiger partial charge in [0.05, 0.1) is 31.0 Å². The van der Waals surface area contributed by atoms with E-state index in [0.717, 1.165) is 22.4 Å². The van der Waals surface area contributed by atoms with Crippen LogP contribution >= 0.6 is 0 Å². The van der Waals surface area contributed by atoms with Crippen molar-refractivity contribution in [3.8, 4) is 17.2 Å². The molecule has 0 saturated carbocycles. The third-order valence-electron chi connectivity index (χ3n) is 4.99. The Morgan fingerprint density at radius 3 is 2.59 bits per heavy atom. The van der Waals surface area contributed by atoms with Crippen molar-refractivity contribution in [2.45, 2.75) is 26.9 Å². The van der Waals surface area contributed by atoms with Crippen LogP contribution in [0.15, 0.2) is 67.5 Å². The molecule has 0 atom stereocenters. The van der Waals surface area contributed by atoms with Crippen LogP contribution in [0.3, 0.4) is 0 Å². The molecule has 4 rings (SSSR count). The van der Waals surface area contributed by atoms with E-state index in [9.17, 15) is 4.79 Å². The number of nitrogens with two attached hydrogens (primary N) is 1. The van der Waals surface area contributed by atoms with Crippen molar-refractivity contribution in [3.63, 3.8) is 0 Å². The number of nitriles is 1. The molecule has 1 amide bonds. The molecule has 0 fully saturated rings. The SMILES string of the molecule is C=CN.CC.N#Cc1cccc(-c2cnn3c2C(=O)N(c2ccc(CNCCO)cc2)CC3)c1. The average Bonchev–Trinajstić information content (AvgIpc) is 3.32. The number of aliphatic hydroxyl groups is 1. The van der Waals surface area contributed by atoms with E-state index in [4.69, 9.17) is 10.4 Å². The van der Waals surface area contributed by atoms with E-state index in [1.807, 2.05) is 50.2 Å². The first-order chi connectivity index (χ1) is 16.6. The number of rotatable bonds is 6. The van der Waals surface area contributed by atoms with Crippen LogP contribution in [0.1, 0.15) is 35.5 Å². The number of amides is 1. The molecule has 3 aromatic rings. The van der Waals surface area contributed by atoms with Crippen molar-refractivity contribution in [2.24, 2.45) is 5.73 Å². The monoisotopic (exact) mass is 460 g/mol. The highest BCUT2D eigenvalue weighted by molar-refractivity contribution is 6.09. The molecule has 4 N–H and O–H groups in total. The van der Waals surface area contributed by atoms with Gasteiger partial charge in [-0.3, -0.25) is 9.48 Å². The van der Waals surface area contributed by atoms with E-state index >= 15 is 0 Å². The fourth-order valence-corrected chi connectivity index (χ4v) is 3.52. The number of nitrogens with zero attached hydrogens (tertiary/aromatic N) is 4. The minimum absolute atomic E-state index is 0.0998. The highest BCUT2D eigenvalue weighted by atomic mass is 16.3. The van der Waals surface area contributed by atoms with Gasteiger partial charge in [-0.05, 0) is 41.6 Å². The van der Waals surface area contributed by atoms with Gasteiger partial charge in [-0.25, -0.2) is 0 Å². The third-order valence-corrected chi connectivity index (χ3v) is 4.99. The van der Waals surface area contributed by atoms with Crippen LogP contribution in [0.25, 0.3) is 11.1 Å². The average molecular weight is 461 g/mol. The summed E-state index contributed by atoms with van der Waals surface area (Å²) in [7, 11) is 0. The molecule has 1 aliphatic heterocycles. The minimum Gasteiger partial charge on any atom is -0.405 e. The molecule has 0 unspecified atom stereocenters. The van der Waals surface area contributed by atoms with E-state index < -0.39 is 0 Å². The van der Waals surface area contributed by atoms with Gasteiger partial charge in [0.1, 0.15) is 5.69 Å². The van der Waals surface area contributed by atoms with Crippen molar-refractivity contribution in [2.75, 3.05) is 24.6 Å². The minimum atomic E-state index is -0.0998. The lowest BCUT2D eigenvalue weighted by Gasteiger charge is -2.28. The molecule has 2 heterocycles. The largest absolute Gasteiger partial charge is 0.405 e. The molecule has 0 spiro atoms. The van der Waals surface area contributed by atoms with Gasteiger partial charge >= 0.3 is 0 Å². The van der Waals surface area contributed by atoms with Crippen LogP contribution in [-0.4, -0.2) is 40.5 Å². The van der Waals surface area contributed by atoms with Crippen molar-refractivity contribution in [1.82, 2.24) is 15.1 Å². The molecule has 0 radical (unpaired) electrons. The summed E-state index contributed by atoms with van der Waals surface area (Å²) in [5, 5.41) is 25.5. The first kappa shape index (κ1) is 26.3. The fraction of sp³-hybridized carbons (Fsp3) is 0.269. The van der Waals surface area contributed by atoms with E-state index in [2.05, 4.69) is 28.8 Å². The zero-order valence-electron chi connectivity index (χ0n) is 19.7. The Morgan fingerprint density at radius 2 is 1.94 bits per heavy atom. The van der Waals surface area contributed by atoms with Gasteiger partial charge in [0.2, 0.25) is 0 Å². The Bertz CT molecular complexity index is 1120. The summed E-state index contributed by atoms with van der Waals surface area (Å²) in [5.74, 6) is -0.0998. The van der Waals surface area contributed by atoms with Crippen molar-refractivity contribution in [1.29, 1.82) is 5.26 Å². The highest BCUT2D eigenvalue weighted by Crippen LogP contribution is 2.29. The van der Waals surface area contributed by atoms with Gasteiger partial charge in [-0.1, -0.05) is 44.7 Å². The number of carbonyl (C=O) groups is 1. The molecule has 8 heteroatoms. The molecule has 1 aliphatic rings. The molecule has 34 heavy (non-hydrogen) atoms. The van der Waals surface area contributed by atoms with Crippen molar-refractivity contribution in [3.05, 3.63) is 84.3 Å². The van der Waals surface area contributed by atoms with Gasteiger partial charge in [0.25, 0.3) is 5.91 Å². The van der Waals surface area contributed by atoms with Gasteiger partial charge in [0, 0.05) is 30.9 Å². The number of anilines is 1. The number of nitrogens with one attached hydrogen (secondary N) is 1. The molecule has 0 bridgehead atoms. The normalized spacial score (nSPS) is 11.8. The Labute approximate surface area is 200 Å². The second kappa shape index (κ2) is 13.6. The summed E-state index contributed by atoms with van der Waals surface area (Å²) >= 11 is 0. The Hall–Kier alpha value is -3.93. The standard InChI is InChI=1S/C22H21N5O2.C2H5N.C2H6/c23-13-17-2-1-3-18(12-17)20-15-25-27-10-9-26(22(29)21(20)27)19-6-4-16(5-7-19)14-24-8-11-28;1-2-3;1-2/h1-7,12,15,24,28H,8-11,14H2;2H,1,3H2;1-2H3. The molecule has 0 saturated heterocycles. The molecule has 2 aromatic carbocycles. The van der Waals surface area contributed by atoms with E-state index in [-0.39, 0.29) is 12.5 Å². The van der Waals surface area contributed by atoms with Crippen LogP contribution in [0.2, 0.25) is 0 Å². The first-order valence-electron chi connectivity index (χ1n) is 11.2. The fourth-order valence-electron chi connectivity index (χ4n) is 3.52. The molecule has 8 nitrogen and oxygen atoms in total. The second-order valence-corrected chi connectivity index (χ2v) is 7.08. The van der Waals surface area contributed by atoms with Gasteiger partial charge in [-0.2, -0.15) is 10.4 Å². The van der Waals surface area contributed by atoms with Gasteiger partial charge in [0.15, 0.2) is 0 Å². The summed E-state index contributed by atoms with van der Waals surface area (Å²) in [6.45, 7) is 9.62. The predicted octanol–water partition coefficient (Wildman–Crippen LogP) is 3.28. The van der Waals surface area contributed by atoms with E-state index in [1.54, 1.807) is 27.9 Å². The number of aliphatic hydroxyl groups excluding tert-OH is 1. The summed E-state index contributed by atoms with van der Waals surface area (Å²) in [4.78, 5) is 15.0. The lowest BCUT2D eigenvalue weighted by Crippen LogP contribution is -2.40. The van der Waals surface area contributed by atoms with Gasteiger partial charge in [-0.15, -0.1) is 0 Å². The van der Waals surface area contributed by atoms with Crippen molar-refractivity contribution >= 4 is 11.6 Å². The highest BCUT2D eigenvalue weighted by Gasteiger charge is 2.30. The Kier molecular flexibility index (Phi) is 10.5. The quantitative estimate of drug-likeness (QED) is 0.486. The molecular weight excluding hydrogens is 428 g/mol. The van der Waals surface area contributed by atoms with E-state index in [0.29, 0.717) is 37.4 Å². The second-order valence-electron chi connectivity index (χ2n) is 7.08. The molecular formula is C26H32N6O2. The van der Waals surface area contributed by atoms with Crippen molar-refractivity contribution < 1.29 is 9.90 Å². The Balaban J connectivity index is 0.000000758. The number of aromatic nitrogens is 2. The van der Waals surface area contributed by atoms with Crippen LogP contribution in [0.5, 0.6) is 0 Å². The van der Waals surface area contributed by atoms with Crippen LogP contribution in [0, 0.1) is 11.3 Å². The summed E-state index contributed by atoms with van der Waals surface area (Å²) < 4.78 is 1.74. The molecule has 1 aromatic heterocycles. The van der Waals surface area contributed by atoms with Crippen LogP contribution < -0.4 is 16.0 Å². The Morgan fingerprint density at radius 1 is 1.24 bits per heavy atom. The predicted molar refractivity (Wildman–Crippen MR) is 135 cm³/mol. The summed E-state index contributed by atoms with van der Waals surface area (Å²) in [6.07, 6.45) is 2.95. The lowest BCUT2D eigenvalue weighted by atomic mass is 10.0. The third kappa shape index (κ3) is 6.32. The summed E-state index contributed by atoms with van der Waals surface area (Å²) in [6, 6.07) is 17.2. The first-order valence-corrected chi connectivity index (χ1v) is 11.2. The van der Waals surface area contributed by atoms with Gasteiger partial charge < -0.3 is 21.1 Å². The van der Waals surface area contributed by atoms with Crippen LogP contribution in [0.4, 0.5) is 5.69 Å². The zero-order chi connectivity index (χ0) is 24.9. The maximum atomic E-state index is 13.3. The lowest BCUT2D eigenvalue weighted by molar-refractivity contribution is 0.0963. The number of carbonyl (C=O) groups excluding carboxylic acids is 1. The zero-order valence-corrected chi connectivity index (χ0v) is 19.7. The number of hydrogen-bond acceptors (Lipinski definition) is 6. The maximum Gasteiger partial charge on any atom is 0.277 e. The maximum absolute atomic E-state index is 13.3. The van der Waals surface area contributed by atoms with E-state index in [1.165, 1.54) is 6.20 Å².